The molecule has 0 aromatic heterocycles. The number of nitrogens with zero attached hydrogens (tertiary/aromatic N) is 1. The summed E-state index contributed by atoms with van der Waals surface area (Å²) >= 11 is 0. The molecule has 0 radical (unpaired) electrons. The second kappa shape index (κ2) is 4.30. The van der Waals surface area contributed by atoms with E-state index < -0.39 is 12.1 Å². The number of hydrogen-bond acceptors (Lipinski definition) is 3. The van der Waals surface area contributed by atoms with Gasteiger partial charge in [-0.3, -0.25) is 14.9 Å². The van der Waals surface area contributed by atoms with Gasteiger partial charge in [0.2, 0.25) is 11.9 Å². The van der Waals surface area contributed by atoms with E-state index in [9.17, 15) is 14.9 Å². The first-order chi connectivity index (χ1) is 7.68. The van der Waals surface area contributed by atoms with Crippen LogP contribution in [0.25, 0.3) is 0 Å². The van der Waals surface area contributed by atoms with Crippen LogP contribution in [0, 0.1) is 10.1 Å². The number of rotatable bonds is 2. The van der Waals surface area contributed by atoms with Crippen LogP contribution in [0.2, 0.25) is 0 Å². The van der Waals surface area contributed by atoms with Crippen molar-refractivity contribution in [1.29, 1.82) is 0 Å². The fourth-order valence-electron chi connectivity index (χ4n) is 1.98. The smallest absolute Gasteiger partial charge is 0.237 e. The van der Waals surface area contributed by atoms with Crippen molar-refractivity contribution < 1.29 is 9.72 Å². The third-order valence-corrected chi connectivity index (χ3v) is 2.80. The van der Waals surface area contributed by atoms with Gasteiger partial charge in [0.25, 0.3) is 0 Å². The molecule has 1 N–H and O–H groups in total. The Labute approximate surface area is 92.6 Å². The molecular weight excluding hydrogens is 208 g/mol. The second-order valence-corrected chi connectivity index (χ2v) is 3.85. The van der Waals surface area contributed by atoms with Crippen molar-refractivity contribution in [3.05, 3.63) is 46.0 Å². The molecule has 1 amide bonds. The van der Waals surface area contributed by atoms with E-state index >= 15 is 0 Å². The first-order valence-electron chi connectivity index (χ1n) is 5.16. The first-order valence-corrected chi connectivity index (χ1v) is 5.16. The number of nitro groups is 1. The van der Waals surface area contributed by atoms with E-state index in [0.29, 0.717) is 6.42 Å². The van der Waals surface area contributed by atoms with E-state index in [1.807, 2.05) is 18.2 Å². The Kier molecular flexibility index (Phi) is 2.85. The summed E-state index contributed by atoms with van der Waals surface area (Å²) in [6.07, 6.45) is 0.535. The molecule has 1 aromatic carbocycles. The highest BCUT2D eigenvalue weighted by atomic mass is 16.6. The van der Waals surface area contributed by atoms with Crippen LogP contribution in [0.3, 0.4) is 0 Å². The second-order valence-electron chi connectivity index (χ2n) is 3.85. The highest BCUT2D eigenvalue weighted by Crippen LogP contribution is 2.25. The molecular formula is C11H12N2O3. The molecule has 1 aliphatic heterocycles. The lowest BCUT2D eigenvalue weighted by atomic mass is 9.92. The normalized spacial score (nSPS) is 24.9. The van der Waals surface area contributed by atoms with Crippen LogP contribution in [0.1, 0.15) is 24.4 Å². The minimum atomic E-state index is -0.722. The molecule has 0 bridgehead atoms. The van der Waals surface area contributed by atoms with Crippen LogP contribution in [0.4, 0.5) is 0 Å². The Bertz CT molecular complexity index is 405. The Morgan fingerprint density at radius 2 is 2.00 bits per heavy atom. The molecule has 1 fully saturated rings. The van der Waals surface area contributed by atoms with Gasteiger partial charge in [-0.1, -0.05) is 30.3 Å². The molecule has 5 heteroatoms. The molecule has 1 aliphatic rings. The van der Waals surface area contributed by atoms with Crippen LogP contribution in [-0.4, -0.2) is 16.9 Å². The monoisotopic (exact) mass is 220 g/mol. The van der Waals surface area contributed by atoms with Gasteiger partial charge in [0.15, 0.2) is 0 Å². The molecule has 5 nitrogen and oxygen atoms in total. The molecule has 16 heavy (non-hydrogen) atoms. The third-order valence-electron chi connectivity index (χ3n) is 2.80. The molecule has 0 aliphatic carbocycles. The molecule has 1 heterocycles. The average molecular weight is 220 g/mol. The van der Waals surface area contributed by atoms with Crippen molar-refractivity contribution in [1.82, 2.24) is 5.32 Å². The lowest BCUT2D eigenvalue weighted by molar-refractivity contribution is -0.529. The number of amides is 1. The Balaban J connectivity index is 2.27. The number of carbonyl (C=O) groups is 1. The van der Waals surface area contributed by atoms with Gasteiger partial charge >= 0.3 is 0 Å². The van der Waals surface area contributed by atoms with Crippen molar-refractivity contribution in [3.8, 4) is 0 Å². The third kappa shape index (κ3) is 2.03. The molecule has 2 rings (SSSR count). The van der Waals surface area contributed by atoms with Crippen molar-refractivity contribution in [2.75, 3.05) is 0 Å². The van der Waals surface area contributed by atoms with E-state index in [0.717, 1.165) is 5.56 Å². The summed E-state index contributed by atoms with van der Waals surface area (Å²) in [5.74, 6) is -0.119. The minimum Gasteiger partial charge on any atom is -0.343 e. The Hall–Kier alpha value is -1.91. The summed E-state index contributed by atoms with van der Waals surface area (Å²) in [4.78, 5) is 21.9. The van der Waals surface area contributed by atoms with Gasteiger partial charge in [0.1, 0.15) is 6.04 Å². The maximum Gasteiger partial charge on any atom is 0.237 e. The fraction of sp³-hybridized carbons (Fsp3) is 0.364. The summed E-state index contributed by atoms with van der Waals surface area (Å²) in [5.41, 5.74) is 0.789. The lowest BCUT2D eigenvalue weighted by Crippen LogP contribution is -2.45. The Morgan fingerprint density at radius 3 is 2.62 bits per heavy atom. The highest BCUT2D eigenvalue weighted by Gasteiger charge is 2.37. The largest absolute Gasteiger partial charge is 0.343 e. The van der Waals surface area contributed by atoms with E-state index in [1.165, 1.54) is 0 Å². The van der Waals surface area contributed by atoms with E-state index in [2.05, 4.69) is 5.32 Å². The zero-order chi connectivity index (χ0) is 11.5. The molecule has 84 valence electrons. The van der Waals surface area contributed by atoms with Crippen molar-refractivity contribution >= 4 is 5.91 Å². The molecule has 0 spiro atoms. The first kappa shape index (κ1) is 10.6. The van der Waals surface area contributed by atoms with Crippen LogP contribution < -0.4 is 5.32 Å². The highest BCUT2D eigenvalue weighted by molar-refractivity contribution is 5.77. The zero-order valence-electron chi connectivity index (χ0n) is 8.63. The maximum absolute atomic E-state index is 11.3. The van der Waals surface area contributed by atoms with Crippen LogP contribution in [-0.2, 0) is 4.79 Å². The number of hydrogen-bond donors (Lipinski definition) is 1. The maximum atomic E-state index is 11.3. The van der Waals surface area contributed by atoms with Crippen molar-refractivity contribution in [3.63, 3.8) is 0 Å². The predicted molar refractivity (Wildman–Crippen MR) is 57.3 cm³/mol. The van der Waals surface area contributed by atoms with Gasteiger partial charge in [-0.25, -0.2) is 0 Å². The topological polar surface area (TPSA) is 72.2 Å². The molecule has 1 aromatic rings. The van der Waals surface area contributed by atoms with E-state index in [-0.39, 0.29) is 17.3 Å². The number of benzene rings is 1. The van der Waals surface area contributed by atoms with E-state index in [4.69, 9.17) is 0 Å². The summed E-state index contributed by atoms with van der Waals surface area (Å²) in [6, 6.07) is 7.84. The van der Waals surface area contributed by atoms with Crippen LogP contribution in [0.5, 0.6) is 0 Å². The average Bonchev–Trinajstić information content (AvgIpc) is 2.29. The number of nitrogens with one attached hydrogen (secondary N) is 1. The Morgan fingerprint density at radius 1 is 1.31 bits per heavy atom. The standard InChI is InChI=1S/C11H12N2O3/c14-10-7-6-9(13(15)16)11(12-10)8-4-2-1-3-5-8/h1-5,9,11H,6-7H2,(H,12,14)/t9-,11-/m1/s1. The van der Waals surface area contributed by atoms with Gasteiger partial charge in [0.05, 0.1) is 0 Å². The molecule has 0 unspecified atom stereocenters. The van der Waals surface area contributed by atoms with Crippen molar-refractivity contribution in [2.24, 2.45) is 0 Å². The van der Waals surface area contributed by atoms with E-state index in [1.54, 1.807) is 12.1 Å². The minimum absolute atomic E-state index is 0.119. The SMILES string of the molecule is O=C1CC[C@@H]([N+](=O)[O-])[C@@H](c2ccccc2)N1. The molecule has 0 saturated carbocycles. The van der Waals surface area contributed by atoms with Gasteiger partial charge in [0, 0.05) is 17.8 Å². The summed E-state index contributed by atoms with van der Waals surface area (Å²) < 4.78 is 0. The zero-order valence-corrected chi connectivity index (χ0v) is 8.63. The summed E-state index contributed by atoms with van der Waals surface area (Å²) in [7, 11) is 0. The predicted octanol–water partition coefficient (Wildman–Crippen LogP) is 1.28. The fourth-order valence-corrected chi connectivity index (χ4v) is 1.98. The van der Waals surface area contributed by atoms with Gasteiger partial charge in [-0.05, 0) is 5.56 Å². The number of piperidine rings is 1. The van der Waals surface area contributed by atoms with Crippen molar-refractivity contribution in [2.45, 2.75) is 24.9 Å². The summed E-state index contributed by atoms with van der Waals surface area (Å²) in [6.45, 7) is 0. The summed E-state index contributed by atoms with van der Waals surface area (Å²) in [5, 5.41) is 13.6. The van der Waals surface area contributed by atoms with Crippen LogP contribution in [0.15, 0.2) is 30.3 Å². The van der Waals surface area contributed by atoms with Gasteiger partial charge < -0.3 is 5.32 Å². The molecule has 2 atom stereocenters. The van der Waals surface area contributed by atoms with Gasteiger partial charge in [-0.2, -0.15) is 0 Å². The quantitative estimate of drug-likeness (QED) is 0.602. The van der Waals surface area contributed by atoms with Crippen LogP contribution >= 0.6 is 0 Å². The molecule has 1 saturated heterocycles. The van der Waals surface area contributed by atoms with Gasteiger partial charge in [-0.15, -0.1) is 0 Å². The number of carbonyl (C=O) groups excluding carboxylic acids is 1. The lowest BCUT2D eigenvalue weighted by Gasteiger charge is -2.26.